The lowest BCUT2D eigenvalue weighted by molar-refractivity contribution is 0.873. The summed E-state index contributed by atoms with van der Waals surface area (Å²) in [4.78, 5) is 4.28. The van der Waals surface area contributed by atoms with Gasteiger partial charge in [-0.05, 0) is 66.8 Å². The van der Waals surface area contributed by atoms with Crippen molar-refractivity contribution >= 4 is 0 Å². The molecule has 2 heterocycles. The summed E-state index contributed by atoms with van der Waals surface area (Å²) in [5.41, 5.74) is 8.63. The number of aromatic nitrogens is 3. The molecule has 0 saturated heterocycles. The maximum Gasteiger partial charge on any atom is 0.0700 e. The second kappa shape index (κ2) is 7.73. The van der Waals surface area contributed by atoms with Gasteiger partial charge in [0.25, 0.3) is 0 Å². The van der Waals surface area contributed by atoms with E-state index < -0.39 is 0 Å². The molecule has 2 aromatic heterocycles. The first-order valence-electron chi connectivity index (χ1n) is 9.63. The smallest absolute Gasteiger partial charge is 0.0700 e. The number of nitrogens with zero attached hydrogens (tertiary/aromatic N) is 4. The molecule has 0 aliphatic carbocycles. The van der Waals surface area contributed by atoms with E-state index in [-0.39, 0.29) is 5.92 Å². The van der Waals surface area contributed by atoms with Gasteiger partial charge < -0.3 is 0 Å². The second-order valence-electron chi connectivity index (χ2n) is 7.40. The van der Waals surface area contributed by atoms with Crippen molar-refractivity contribution in [2.75, 3.05) is 0 Å². The predicted molar refractivity (Wildman–Crippen MR) is 116 cm³/mol. The van der Waals surface area contributed by atoms with Gasteiger partial charge in [0.05, 0.1) is 23.9 Å². The van der Waals surface area contributed by atoms with Crippen LogP contribution >= 0.6 is 0 Å². The Morgan fingerprint density at radius 2 is 1.72 bits per heavy atom. The highest BCUT2D eigenvalue weighted by Crippen LogP contribution is 2.28. The summed E-state index contributed by atoms with van der Waals surface area (Å²) in [5, 5.41) is 13.8. The molecule has 1 unspecified atom stereocenters. The molecule has 4 rings (SSSR count). The Morgan fingerprint density at radius 1 is 0.897 bits per heavy atom. The maximum atomic E-state index is 9.23. The minimum absolute atomic E-state index is 0.128. The quantitative estimate of drug-likeness (QED) is 0.448. The molecular weight excluding hydrogens is 356 g/mol. The summed E-state index contributed by atoms with van der Waals surface area (Å²) >= 11 is 0. The topological polar surface area (TPSA) is 54.5 Å². The molecule has 2 aromatic carbocycles. The van der Waals surface area contributed by atoms with E-state index in [9.17, 15) is 5.26 Å². The van der Waals surface area contributed by atoms with Crippen LogP contribution in [0.5, 0.6) is 0 Å². The van der Waals surface area contributed by atoms with Crippen LogP contribution in [0.4, 0.5) is 0 Å². The van der Waals surface area contributed by atoms with Gasteiger partial charge in [0, 0.05) is 29.7 Å². The first kappa shape index (κ1) is 18.6. The Balaban J connectivity index is 1.73. The summed E-state index contributed by atoms with van der Waals surface area (Å²) in [7, 11) is 0. The molecule has 1 atom stereocenters. The van der Waals surface area contributed by atoms with E-state index in [1.54, 1.807) is 0 Å². The molecule has 0 fully saturated rings. The summed E-state index contributed by atoms with van der Waals surface area (Å²) in [6, 6.07) is 19.0. The van der Waals surface area contributed by atoms with Crippen LogP contribution in [-0.2, 0) is 0 Å². The molecule has 4 nitrogen and oxygen atoms in total. The third kappa shape index (κ3) is 3.81. The van der Waals surface area contributed by atoms with E-state index in [2.05, 4.69) is 59.5 Å². The minimum Gasteiger partial charge on any atom is -0.264 e. The van der Waals surface area contributed by atoms with E-state index in [0.29, 0.717) is 0 Å². The van der Waals surface area contributed by atoms with Crippen LogP contribution in [0.25, 0.3) is 27.9 Å². The lowest BCUT2D eigenvalue weighted by atomic mass is 9.96. The molecule has 0 aliphatic heterocycles. The van der Waals surface area contributed by atoms with Crippen molar-refractivity contribution in [3.8, 4) is 34.0 Å². The van der Waals surface area contributed by atoms with Crippen LogP contribution in [0.2, 0.25) is 0 Å². The monoisotopic (exact) mass is 378 g/mol. The van der Waals surface area contributed by atoms with Crippen LogP contribution in [0, 0.1) is 25.2 Å². The minimum atomic E-state index is -0.128. The SMILES string of the molecule is Cc1cncc(-c2cnn(-c3cc(-c4cccc(C(C)C#N)c4)ccc3C)c2)c1. The van der Waals surface area contributed by atoms with E-state index in [4.69, 9.17) is 0 Å². The van der Waals surface area contributed by atoms with Crippen molar-refractivity contribution in [2.24, 2.45) is 0 Å². The van der Waals surface area contributed by atoms with Crippen LogP contribution in [0.1, 0.15) is 29.5 Å². The Kier molecular flexibility index (Phi) is 4.97. The molecule has 0 aliphatic rings. The largest absolute Gasteiger partial charge is 0.264 e. The van der Waals surface area contributed by atoms with Crippen LogP contribution in [0.3, 0.4) is 0 Å². The lowest BCUT2D eigenvalue weighted by Gasteiger charge is -2.11. The fraction of sp³-hybridized carbons (Fsp3) is 0.160. The van der Waals surface area contributed by atoms with Gasteiger partial charge in [-0.15, -0.1) is 0 Å². The summed E-state index contributed by atoms with van der Waals surface area (Å²) < 4.78 is 1.91. The lowest BCUT2D eigenvalue weighted by Crippen LogP contribution is -1.98. The molecule has 4 heteroatoms. The number of nitriles is 1. The average molecular weight is 378 g/mol. The molecule has 0 radical (unpaired) electrons. The average Bonchev–Trinajstić information content (AvgIpc) is 3.24. The Morgan fingerprint density at radius 3 is 2.52 bits per heavy atom. The zero-order valence-electron chi connectivity index (χ0n) is 16.8. The van der Waals surface area contributed by atoms with Gasteiger partial charge in [-0.2, -0.15) is 10.4 Å². The molecule has 0 bridgehead atoms. The third-order valence-electron chi connectivity index (χ3n) is 5.16. The maximum absolute atomic E-state index is 9.23. The standard InChI is InChI=1S/C25H22N4/c1-17-9-23(14-27-13-17)24-15-28-29(16-24)25-11-22(8-7-18(25)2)21-6-4-5-20(10-21)19(3)12-26/h4-11,13-16,19H,1-3H3. The van der Waals surface area contributed by atoms with E-state index in [0.717, 1.165) is 44.6 Å². The number of hydrogen-bond acceptors (Lipinski definition) is 3. The molecule has 0 spiro atoms. The summed E-state index contributed by atoms with van der Waals surface area (Å²) in [5.74, 6) is -0.128. The molecule has 142 valence electrons. The van der Waals surface area contributed by atoms with Crippen molar-refractivity contribution in [2.45, 2.75) is 26.7 Å². The molecule has 4 aromatic rings. The fourth-order valence-corrected chi connectivity index (χ4v) is 3.41. The Hall–Kier alpha value is -3.71. The second-order valence-corrected chi connectivity index (χ2v) is 7.40. The fourth-order valence-electron chi connectivity index (χ4n) is 3.41. The molecule has 0 amide bonds. The molecule has 0 N–H and O–H groups in total. The van der Waals surface area contributed by atoms with Crippen LogP contribution < -0.4 is 0 Å². The summed E-state index contributed by atoms with van der Waals surface area (Å²) in [6.45, 7) is 6.05. The van der Waals surface area contributed by atoms with Gasteiger partial charge in [0.15, 0.2) is 0 Å². The van der Waals surface area contributed by atoms with Gasteiger partial charge in [-0.3, -0.25) is 4.98 Å². The summed E-state index contributed by atoms with van der Waals surface area (Å²) in [6.07, 6.45) is 7.62. The first-order chi connectivity index (χ1) is 14.0. The van der Waals surface area contributed by atoms with Crippen molar-refractivity contribution in [1.82, 2.24) is 14.8 Å². The predicted octanol–water partition coefficient (Wildman–Crippen LogP) is 5.85. The van der Waals surface area contributed by atoms with Gasteiger partial charge in [0.2, 0.25) is 0 Å². The highest BCUT2D eigenvalue weighted by Gasteiger charge is 2.10. The number of benzene rings is 2. The van der Waals surface area contributed by atoms with Gasteiger partial charge in [0.1, 0.15) is 0 Å². The Labute approximate surface area is 171 Å². The number of aryl methyl sites for hydroxylation is 2. The van der Waals surface area contributed by atoms with E-state index in [1.807, 2.05) is 55.4 Å². The number of rotatable bonds is 4. The zero-order valence-corrected chi connectivity index (χ0v) is 16.8. The highest BCUT2D eigenvalue weighted by atomic mass is 15.3. The molecule has 0 saturated carbocycles. The van der Waals surface area contributed by atoms with Gasteiger partial charge in [-0.25, -0.2) is 4.68 Å². The van der Waals surface area contributed by atoms with E-state index >= 15 is 0 Å². The van der Waals surface area contributed by atoms with Crippen molar-refractivity contribution in [3.05, 3.63) is 90.0 Å². The highest BCUT2D eigenvalue weighted by molar-refractivity contribution is 5.69. The molecular formula is C25H22N4. The third-order valence-corrected chi connectivity index (χ3v) is 5.16. The van der Waals surface area contributed by atoms with Crippen LogP contribution in [-0.4, -0.2) is 14.8 Å². The van der Waals surface area contributed by atoms with Crippen LogP contribution in [0.15, 0.2) is 73.3 Å². The normalized spacial score (nSPS) is 11.8. The van der Waals surface area contributed by atoms with Crippen molar-refractivity contribution in [3.63, 3.8) is 0 Å². The van der Waals surface area contributed by atoms with Crippen molar-refractivity contribution in [1.29, 1.82) is 5.26 Å². The number of hydrogen-bond donors (Lipinski definition) is 0. The van der Waals surface area contributed by atoms with E-state index in [1.165, 1.54) is 0 Å². The van der Waals surface area contributed by atoms with Gasteiger partial charge >= 0.3 is 0 Å². The van der Waals surface area contributed by atoms with Crippen molar-refractivity contribution < 1.29 is 0 Å². The zero-order chi connectivity index (χ0) is 20.4. The number of pyridine rings is 1. The van der Waals surface area contributed by atoms with Gasteiger partial charge in [-0.1, -0.05) is 30.3 Å². The molecule has 29 heavy (non-hydrogen) atoms. The first-order valence-corrected chi connectivity index (χ1v) is 9.63. The Bertz CT molecular complexity index is 1210.